The quantitative estimate of drug-likeness (QED) is 0.773. The van der Waals surface area contributed by atoms with Crippen LogP contribution in [0.25, 0.3) is 10.2 Å². The third-order valence-corrected chi connectivity index (χ3v) is 5.06. The van der Waals surface area contributed by atoms with Crippen LogP contribution in [0, 0.1) is 0 Å². The van der Waals surface area contributed by atoms with Crippen LogP contribution in [-0.2, 0) is 13.0 Å². The summed E-state index contributed by atoms with van der Waals surface area (Å²) in [5.74, 6) is 1.53. The maximum Gasteiger partial charge on any atom is 0.267 e. The highest BCUT2D eigenvalue weighted by molar-refractivity contribution is 7.17. The van der Waals surface area contributed by atoms with Crippen LogP contribution in [0.3, 0.4) is 0 Å². The van der Waals surface area contributed by atoms with Gasteiger partial charge in [-0.2, -0.15) is 0 Å². The summed E-state index contributed by atoms with van der Waals surface area (Å²) in [5, 5.41) is 5.07. The van der Waals surface area contributed by atoms with Crippen LogP contribution in [0.1, 0.15) is 23.0 Å². The lowest BCUT2D eigenvalue weighted by atomic mass is 10.1. The van der Waals surface area contributed by atoms with Crippen molar-refractivity contribution in [2.45, 2.75) is 19.9 Å². The number of carbonyl (C=O) groups excluding carboxylic acids is 1. The van der Waals surface area contributed by atoms with E-state index in [-0.39, 0.29) is 12.7 Å². The van der Waals surface area contributed by atoms with Crippen LogP contribution in [0.2, 0.25) is 0 Å². The maximum atomic E-state index is 12.5. The third-order valence-electron chi connectivity index (χ3n) is 4.21. The van der Waals surface area contributed by atoms with Gasteiger partial charge in [-0.05, 0) is 48.6 Å². The molecule has 0 spiro atoms. The summed E-state index contributed by atoms with van der Waals surface area (Å²) in [6.45, 7) is 3.70. The van der Waals surface area contributed by atoms with Gasteiger partial charge >= 0.3 is 0 Å². The van der Waals surface area contributed by atoms with Crippen LogP contribution in [0.15, 0.2) is 35.7 Å². The van der Waals surface area contributed by atoms with Gasteiger partial charge in [-0.15, -0.1) is 11.3 Å². The zero-order valence-electron chi connectivity index (χ0n) is 13.4. The summed E-state index contributed by atoms with van der Waals surface area (Å²) in [4.78, 5) is 12.5. The van der Waals surface area contributed by atoms with E-state index in [1.165, 1.54) is 0 Å². The molecule has 1 aliphatic heterocycles. The minimum atomic E-state index is -0.0269. The van der Waals surface area contributed by atoms with Gasteiger partial charge in [-0.25, -0.2) is 0 Å². The molecule has 1 N–H and O–H groups in total. The highest BCUT2D eigenvalue weighted by Crippen LogP contribution is 2.32. The number of aryl methyl sites for hydroxylation is 1. The summed E-state index contributed by atoms with van der Waals surface area (Å²) < 4.78 is 13.9. The lowest BCUT2D eigenvalue weighted by Gasteiger charge is -2.09. The Morgan fingerprint density at radius 1 is 1.25 bits per heavy atom. The van der Waals surface area contributed by atoms with Crippen LogP contribution in [0.5, 0.6) is 11.5 Å². The van der Waals surface area contributed by atoms with Crippen molar-refractivity contribution in [1.29, 1.82) is 0 Å². The fourth-order valence-electron chi connectivity index (χ4n) is 3.01. The van der Waals surface area contributed by atoms with Gasteiger partial charge < -0.3 is 19.4 Å². The Morgan fingerprint density at radius 3 is 3.00 bits per heavy atom. The Hall–Kier alpha value is -2.47. The molecule has 0 fully saturated rings. The van der Waals surface area contributed by atoms with Crippen LogP contribution in [-0.4, -0.2) is 23.8 Å². The molecule has 4 rings (SSSR count). The average Bonchev–Trinajstić information content (AvgIpc) is 3.29. The molecular weight excluding hydrogens is 324 g/mol. The zero-order valence-corrected chi connectivity index (χ0v) is 14.2. The van der Waals surface area contributed by atoms with Gasteiger partial charge in [0.2, 0.25) is 6.79 Å². The van der Waals surface area contributed by atoms with Crippen molar-refractivity contribution in [3.8, 4) is 11.5 Å². The van der Waals surface area contributed by atoms with Crippen molar-refractivity contribution in [2.24, 2.45) is 0 Å². The van der Waals surface area contributed by atoms with Crippen molar-refractivity contribution < 1.29 is 14.3 Å². The smallest absolute Gasteiger partial charge is 0.267 e. The molecule has 124 valence electrons. The Morgan fingerprint density at radius 2 is 2.12 bits per heavy atom. The molecule has 6 heteroatoms. The second-order valence-corrected chi connectivity index (χ2v) is 6.59. The molecule has 0 atom stereocenters. The largest absolute Gasteiger partial charge is 0.454 e. The number of thiophene rings is 1. The van der Waals surface area contributed by atoms with Crippen LogP contribution < -0.4 is 14.8 Å². The molecule has 0 unspecified atom stereocenters. The summed E-state index contributed by atoms with van der Waals surface area (Å²) in [7, 11) is 0. The maximum absolute atomic E-state index is 12.5. The highest BCUT2D eigenvalue weighted by atomic mass is 32.1. The van der Waals surface area contributed by atoms with Gasteiger partial charge in [0, 0.05) is 13.1 Å². The minimum absolute atomic E-state index is 0.0269. The molecule has 3 aromatic rings. The SMILES string of the molecule is CCn1c(C(=O)NCCc2ccc3c(c2)OCO3)cc2sccc21. The van der Waals surface area contributed by atoms with Crippen molar-refractivity contribution in [2.75, 3.05) is 13.3 Å². The van der Waals surface area contributed by atoms with Gasteiger partial charge in [-0.1, -0.05) is 6.07 Å². The number of aromatic nitrogens is 1. The predicted molar refractivity (Wildman–Crippen MR) is 94.1 cm³/mol. The molecule has 0 radical (unpaired) electrons. The monoisotopic (exact) mass is 342 g/mol. The van der Waals surface area contributed by atoms with Crippen molar-refractivity contribution in [1.82, 2.24) is 9.88 Å². The standard InChI is InChI=1S/C18H18N2O3S/c1-2-20-13-6-8-24-17(13)10-14(20)18(21)19-7-5-12-3-4-15-16(9-12)23-11-22-15/h3-4,6,8-10H,2,5,7,11H2,1H3,(H,19,21). The van der Waals surface area contributed by atoms with Crippen molar-refractivity contribution >= 4 is 27.5 Å². The van der Waals surface area contributed by atoms with E-state index in [0.29, 0.717) is 6.54 Å². The normalized spacial score (nSPS) is 12.7. The fraction of sp³-hybridized carbons (Fsp3) is 0.278. The molecule has 0 saturated heterocycles. The zero-order chi connectivity index (χ0) is 16.5. The summed E-state index contributed by atoms with van der Waals surface area (Å²) >= 11 is 1.66. The molecule has 0 saturated carbocycles. The molecule has 24 heavy (non-hydrogen) atoms. The molecule has 1 aromatic carbocycles. The number of carbonyl (C=O) groups is 1. The number of hydrogen-bond acceptors (Lipinski definition) is 4. The number of ether oxygens (including phenoxy) is 2. The number of rotatable bonds is 5. The molecule has 5 nitrogen and oxygen atoms in total. The number of hydrogen-bond donors (Lipinski definition) is 1. The van der Waals surface area contributed by atoms with Gasteiger partial charge in [0.05, 0.1) is 10.2 Å². The summed E-state index contributed by atoms with van der Waals surface area (Å²) in [5.41, 5.74) is 2.97. The first-order valence-corrected chi connectivity index (χ1v) is 8.87. The highest BCUT2D eigenvalue weighted by Gasteiger charge is 2.16. The Balaban J connectivity index is 1.41. The third kappa shape index (κ3) is 2.63. The first kappa shape index (κ1) is 15.1. The number of nitrogens with zero attached hydrogens (tertiary/aromatic N) is 1. The lowest BCUT2D eigenvalue weighted by molar-refractivity contribution is 0.0945. The first-order valence-electron chi connectivity index (χ1n) is 7.99. The Labute approximate surface area is 143 Å². The van der Waals surface area contributed by atoms with Gasteiger partial charge in [0.1, 0.15) is 5.69 Å². The molecule has 1 amide bonds. The van der Waals surface area contributed by atoms with Gasteiger partial charge in [0.15, 0.2) is 11.5 Å². The number of amides is 1. The van der Waals surface area contributed by atoms with E-state index >= 15 is 0 Å². The Bertz CT molecular complexity index is 897. The lowest BCUT2D eigenvalue weighted by Crippen LogP contribution is -2.27. The van der Waals surface area contributed by atoms with E-state index in [2.05, 4.69) is 28.3 Å². The van der Waals surface area contributed by atoms with Crippen LogP contribution >= 0.6 is 11.3 Å². The van der Waals surface area contributed by atoms with E-state index < -0.39 is 0 Å². The van der Waals surface area contributed by atoms with E-state index in [1.54, 1.807) is 11.3 Å². The average molecular weight is 342 g/mol. The summed E-state index contributed by atoms with van der Waals surface area (Å²) in [6.07, 6.45) is 0.754. The first-order chi connectivity index (χ1) is 11.8. The topological polar surface area (TPSA) is 52.5 Å². The van der Waals surface area contributed by atoms with E-state index in [0.717, 1.165) is 45.9 Å². The fourth-order valence-corrected chi connectivity index (χ4v) is 3.84. The molecule has 3 heterocycles. The second-order valence-electron chi connectivity index (χ2n) is 5.64. The molecule has 0 bridgehead atoms. The van der Waals surface area contributed by atoms with E-state index in [4.69, 9.17) is 9.47 Å². The molecular formula is C18H18N2O3S. The number of nitrogens with one attached hydrogen (secondary N) is 1. The van der Waals surface area contributed by atoms with Crippen molar-refractivity contribution in [3.05, 3.63) is 47.0 Å². The van der Waals surface area contributed by atoms with E-state index in [9.17, 15) is 4.79 Å². The molecule has 1 aliphatic rings. The second kappa shape index (κ2) is 6.20. The van der Waals surface area contributed by atoms with Gasteiger partial charge in [-0.3, -0.25) is 4.79 Å². The number of benzene rings is 1. The van der Waals surface area contributed by atoms with E-state index in [1.807, 2.05) is 24.3 Å². The number of fused-ring (bicyclic) bond motifs is 2. The summed E-state index contributed by atoms with van der Waals surface area (Å²) in [6, 6.07) is 9.92. The molecule has 0 aliphatic carbocycles. The van der Waals surface area contributed by atoms with Crippen LogP contribution in [0.4, 0.5) is 0 Å². The van der Waals surface area contributed by atoms with Gasteiger partial charge in [0.25, 0.3) is 5.91 Å². The predicted octanol–water partition coefficient (Wildman–Crippen LogP) is 3.42. The Kier molecular flexibility index (Phi) is 3.90. The molecule has 2 aromatic heterocycles. The minimum Gasteiger partial charge on any atom is -0.454 e. The van der Waals surface area contributed by atoms with Crippen molar-refractivity contribution in [3.63, 3.8) is 0 Å².